The summed E-state index contributed by atoms with van der Waals surface area (Å²) < 4.78 is 26.7. The quantitative estimate of drug-likeness (QED) is 0.670. The number of benzene rings is 1. The number of imidazole rings is 1. The molecular weight excluding hydrogens is 386 g/mol. The van der Waals surface area contributed by atoms with Crippen molar-refractivity contribution in [1.82, 2.24) is 19.3 Å². The SMILES string of the molecule is CCN(CC)S(=O)(=O)c1ccc(N2CCC(c3nc4ccccc4[nH]3)CC2)nc1. The fourth-order valence-electron chi connectivity index (χ4n) is 3.97. The van der Waals surface area contributed by atoms with Gasteiger partial charge in [-0.3, -0.25) is 0 Å². The van der Waals surface area contributed by atoms with Gasteiger partial charge in [-0.25, -0.2) is 18.4 Å². The van der Waals surface area contributed by atoms with Crippen molar-refractivity contribution in [2.24, 2.45) is 0 Å². The van der Waals surface area contributed by atoms with Crippen LogP contribution in [0.1, 0.15) is 38.4 Å². The molecule has 8 heteroatoms. The van der Waals surface area contributed by atoms with E-state index in [0.717, 1.165) is 48.6 Å². The summed E-state index contributed by atoms with van der Waals surface area (Å²) in [6.45, 7) is 6.34. The molecule has 0 aliphatic carbocycles. The Bertz CT molecular complexity index is 1030. The highest BCUT2D eigenvalue weighted by atomic mass is 32.2. The van der Waals surface area contributed by atoms with Gasteiger partial charge in [0.25, 0.3) is 0 Å². The normalized spacial score (nSPS) is 16.0. The molecule has 1 saturated heterocycles. The molecule has 1 N–H and O–H groups in total. The zero-order valence-corrected chi connectivity index (χ0v) is 17.7. The maximum atomic E-state index is 12.6. The molecule has 29 heavy (non-hydrogen) atoms. The van der Waals surface area contributed by atoms with Crippen LogP contribution in [0.15, 0.2) is 47.5 Å². The molecule has 1 aliphatic heterocycles. The van der Waals surface area contributed by atoms with Crippen LogP contribution in [0.2, 0.25) is 0 Å². The van der Waals surface area contributed by atoms with Gasteiger partial charge in [-0.05, 0) is 37.1 Å². The largest absolute Gasteiger partial charge is 0.357 e. The molecule has 7 nitrogen and oxygen atoms in total. The number of para-hydroxylation sites is 2. The number of aromatic amines is 1. The number of pyridine rings is 1. The number of hydrogen-bond acceptors (Lipinski definition) is 5. The molecule has 1 aliphatic rings. The van der Waals surface area contributed by atoms with Gasteiger partial charge in [-0.1, -0.05) is 26.0 Å². The predicted octanol–water partition coefficient (Wildman–Crippen LogP) is 3.37. The molecule has 3 aromatic rings. The van der Waals surface area contributed by atoms with Crippen molar-refractivity contribution in [3.8, 4) is 0 Å². The highest BCUT2D eigenvalue weighted by Crippen LogP contribution is 2.30. The lowest BCUT2D eigenvalue weighted by Gasteiger charge is -2.32. The number of anilines is 1. The maximum absolute atomic E-state index is 12.6. The lowest BCUT2D eigenvalue weighted by Crippen LogP contribution is -2.34. The van der Waals surface area contributed by atoms with Gasteiger partial charge < -0.3 is 9.88 Å². The molecule has 1 fully saturated rings. The number of sulfonamides is 1. The van der Waals surface area contributed by atoms with Crippen molar-refractivity contribution >= 4 is 26.9 Å². The Balaban J connectivity index is 1.43. The van der Waals surface area contributed by atoms with Crippen LogP contribution in [-0.2, 0) is 10.0 Å². The maximum Gasteiger partial charge on any atom is 0.244 e. The fraction of sp³-hybridized carbons (Fsp3) is 0.429. The number of hydrogen-bond donors (Lipinski definition) is 1. The highest BCUT2D eigenvalue weighted by molar-refractivity contribution is 7.89. The van der Waals surface area contributed by atoms with E-state index in [1.807, 2.05) is 38.1 Å². The Hall–Kier alpha value is -2.45. The van der Waals surface area contributed by atoms with Gasteiger partial charge in [0.05, 0.1) is 11.0 Å². The van der Waals surface area contributed by atoms with E-state index < -0.39 is 10.0 Å². The smallest absolute Gasteiger partial charge is 0.244 e. The average Bonchev–Trinajstić information content (AvgIpc) is 3.19. The minimum atomic E-state index is -3.47. The second-order valence-corrected chi connectivity index (χ2v) is 9.28. The Morgan fingerprint density at radius 3 is 2.45 bits per heavy atom. The molecule has 154 valence electrons. The van der Waals surface area contributed by atoms with Gasteiger partial charge in [0.15, 0.2) is 0 Å². The van der Waals surface area contributed by atoms with Gasteiger partial charge in [-0.2, -0.15) is 4.31 Å². The summed E-state index contributed by atoms with van der Waals surface area (Å²) in [6, 6.07) is 11.6. The molecule has 0 atom stereocenters. The van der Waals surface area contributed by atoms with Crippen LogP contribution in [0.3, 0.4) is 0 Å². The highest BCUT2D eigenvalue weighted by Gasteiger charge is 2.25. The molecule has 3 heterocycles. The van der Waals surface area contributed by atoms with E-state index in [9.17, 15) is 8.42 Å². The summed E-state index contributed by atoms with van der Waals surface area (Å²) in [6.07, 6.45) is 3.45. The topological polar surface area (TPSA) is 82.2 Å². The van der Waals surface area contributed by atoms with Crippen LogP contribution < -0.4 is 4.90 Å². The van der Waals surface area contributed by atoms with Crippen molar-refractivity contribution in [2.45, 2.75) is 37.5 Å². The Morgan fingerprint density at radius 2 is 1.83 bits per heavy atom. The molecule has 4 rings (SSSR count). The standard InChI is InChI=1S/C21H27N5O2S/c1-3-26(4-2)29(27,28)17-9-10-20(22-15-17)25-13-11-16(12-14-25)21-23-18-7-5-6-8-19(18)24-21/h5-10,15-16H,3-4,11-14H2,1-2H3,(H,23,24). The molecule has 0 spiro atoms. The summed E-state index contributed by atoms with van der Waals surface area (Å²) >= 11 is 0. The summed E-state index contributed by atoms with van der Waals surface area (Å²) in [5.41, 5.74) is 2.09. The minimum absolute atomic E-state index is 0.252. The van der Waals surface area contributed by atoms with Crippen LogP contribution in [0, 0.1) is 0 Å². The number of H-pyrrole nitrogens is 1. The van der Waals surface area contributed by atoms with Crippen molar-refractivity contribution in [3.05, 3.63) is 48.4 Å². The second-order valence-electron chi connectivity index (χ2n) is 7.34. The third kappa shape index (κ3) is 3.86. The van der Waals surface area contributed by atoms with Crippen molar-refractivity contribution in [1.29, 1.82) is 0 Å². The molecule has 0 bridgehead atoms. The van der Waals surface area contributed by atoms with Gasteiger partial charge in [-0.15, -0.1) is 0 Å². The van der Waals surface area contributed by atoms with Gasteiger partial charge in [0.2, 0.25) is 10.0 Å². The zero-order chi connectivity index (χ0) is 20.4. The first-order chi connectivity index (χ1) is 14.0. The number of nitrogens with zero attached hydrogens (tertiary/aromatic N) is 4. The van der Waals surface area contributed by atoms with E-state index in [0.29, 0.717) is 19.0 Å². The Labute approximate surface area is 171 Å². The molecule has 0 amide bonds. The number of aromatic nitrogens is 3. The van der Waals surface area contributed by atoms with Gasteiger partial charge in [0, 0.05) is 38.3 Å². The minimum Gasteiger partial charge on any atom is -0.357 e. The van der Waals surface area contributed by atoms with Crippen molar-refractivity contribution < 1.29 is 8.42 Å². The summed E-state index contributed by atoms with van der Waals surface area (Å²) in [7, 11) is -3.47. The molecule has 0 unspecified atom stereocenters. The molecular formula is C21H27N5O2S. The van der Waals surface area contributed by atoms with E-state index in [4.69, 9.17) is 4.98 Å². The summed E-state index contributed by atoms with van der Waals surface area (Å²) in [4.78, 5) is 15.1. The third-order valence-corrected chi connectivity index (χ3v) is 7.71. The monoisotopic (exact) mass is 413 g/mol. The molecule has 0 saturated carbocycles. The number of nitrogens with one attached hydrogen (secondary N) is 1. The summed E-state index contributed by atoms with van der Waals surface area (Å²) in [5, 5.41) is 0. The van der Waals surface area contributed by atoms with Gasteiger partial charge >= 0.3 is 0 Å². The fourth-order valence-corrected chi connectivity index (χ4v) is 5.38. The number of fused-ring (bicyclic) bond motifs is 1. The lowest BCUT2D eigenvalue weighted by atomic mass is 9.96. The van der Waals surface area contributed by atoms with Crippen LogP contribution in [0.5, 0.6) is 0 Å². The molecule has 1 aromatic carbocycles. The second kappa shape index (κ2) is 8.12. The first kappa shape index (κ1) is 19.8. The van der Waals surface area contributed by atoms with Crippen LogP contribution in [0.4, 0.5) is 5.82 Å². The number of piperidine rings is 1. The van der Waals surface area contributed by atoms with E-state index in [1.54, 1.807) is 6.07 Å². The van der Waals surface area contributed by atoms with Crippen molar-refractivity contribution in [3.63, 3.8) is 0 Å². The van der Waals surface area contributed by atoms with Crippen LogP contribution in [0.25, 0.3) is 11.0 Å². The Morgan fingerprint density at radius 1 is 1.10 bits per heavy atom. The first-order valence-electron chi connectivity index (χ1n) is 10.2. The van der Waals surface area contributed by atoms with E-state index >= 15 is 0 Å². The predicted molar refractivity (Wildman–Crippen MR) is 115 cm³/mol. The third-order valence-electron chi connectivity index (χ3n) is 5.68. The van der Waals surface area contributed by atoms with Crippen LogP contribution >= 0.6 is 0 Å². The summed E-state index contributed by atoms with van der Waals surface area (Å²) in [5.74, 6) is 2.28. The Kier molecular flexibility index (Phi) is 5.56. The van der Waals surface area contributed by atoms with E-state index in [1.165, 1.54) is 10.5 Å². The lowest BCUT2D eigenvalue weighted by molar-refractivity contribution is 0.445. The van der Waals surface area contributed by atoms with Crippen molar-refractivity contribution in [2.75, 3.05) is 31.1 Å². The van der Waals surface area contributed by atoms with Crippen LogP contribution in [-0.4, -0.2) is 53.9 Å². The molecule has 0 radical (unpaired) electrons. The molecule has 2 aromatic heterocycles. The van der Waals surface area contributed by atoms with E-state index in [-0.39, 0.29) is 4.90 Å². The number of rotatable bonds is 6. The van der Waals surface area contributed by atoms with Gasteiger partial charge in [0.1, 0.15) is 16.5 Å². The first-order valence-corrected chi connectivity index (χ1v) is 11.6. The van der Waals surface area contributed by atoms with E-state index in [2.05, 4.69) is 20.9 Å². The zero-order valence-electron chi connectivity index (χ0n) is 16.9. The average molecular weight is 414 g/mol.